The van der Waals surface area contributed by atoms with Crippen LogP contribution in [0.3, 0.4) is 0 Å². The van der Waals surface area contributed by atoms with Crippen molar-refractivity contribution in [1.29, 1.82) is 5.26 Å². The van der Waals surface area contributed by atoms with Crippen LogP contribution >= 0.6 is 15.9 Å². The fourth-order valence-corrected chi connectivity index (χ4v) is 3.02. The molecule has 17 heavy (non-hydrogen) atoms. The van der Waals surface area contributed by atoms with E-state index in [1.165, 1.54) is 0 Å². The van der Waals surface area contributed by atoms with Crippen molar-refractivity contribution < 1.29 is 4.74 Å². The number of hydrogen-bond donors (Lipinski definition) is 0. The molecule has 0 N–H and O–H groups in total. The molecule has 0 bridgehead atoms. The quantitative estimate of drug-likeness (QED) is 0.797. The Kier molecular flexibility index (Phi) is 4.20. The smallest absolute Gasteiger partial charge is 0.0943 e. The Labute approximate surface area is 111 Å². The number of ether oxygens (including phenoxy) is 1. The summed E-state index contributed by atoms with van der Waals surface area (Å²) in [5, 5.41) is 10.2. The predicted molar refractivity (Wildman–Crippen MR) is 71.1 cm³/mol. The number of nitriles is 1. The van der Waals surface area contributed by atoms with Gasteiger partial charge in [-0.1, -0.05) is 46.3 Å². The summed E-state index contributed by atoms with van der Waals surface area (Å²) in [4.78, 5) is 0. The molecule has 0 saturated carbocycles. The summed E-state index contributed by atoms with van der Waals surface area (Å²) < 4.78 is 5.66. The second-order valence-corrected chi connectivity index (χ2v) is 5.09. The second-order valence-electron chi connectivity index (χ2n) is 4.53. The number of nitrogens with zero attached hydrogens (tertiary/aromatic N) is 1. The first-order chi connectivity index (χ1) is 8.30. The molecule has 1 aromatic carbocycles. The highest BCUT2D eigenvalue weighted by atomic mass is 79.9. The van der Waals surface area contributed by atoms with Gasteiger partial charge in [-0.25, -0.2) is 0 Å². The van der Waals surface area contributed by atoms with Crippen molar-refractivity contribution in [2.24, 2.45) is 0 Å². The zero-order valence-corrected chi connectivity index (χ0v) is 11.3. The lowest BCUT2D eigenvalue weighted by Crippen LogP contribution is -2.31. The molecule has 2 atom stereocenters. The Morgan fingerprint density at radius 1 is 1.41 bits per heavy atom. The first kappa shape index (κ1) is 12.6. The zero-order chi connectivity index (χ0) is 12.1. The highest BCUT2D eigenvalue weighted by Crippen LogP contribution is 2.34. The minimum atomic E-state index is -0.462. The minimum Gasteiger partial charge on any atom is -0.378 e. The van der Waals surface area contributed by atoms with Crippen molar-refractivity contribution in [2.75, 3.05) is 11.9 Å². The van der Waals surface area contributed by atoms with Crippen LogP contribution in [-0.2, 0) is 10.2 Å². The van der Waals surface area contributed by atoms with E-state index in [0.717, 1.165) is 31.4 Å². The minimum absolute atomic E-state index is 0.229. The molecule has 0 amide bonds. The van der Waals surface area contributed by atoms with Crippen LogP contribution in [0.15, 0.2) is 30.3 Å². The third kappa shape index (κ3) is 2.70. The standard InChI is InChI=1S/C14H16BrNO/c15-10-14(11-16,9-13-7-4-8-17-13)12-5-2-1-3-6-12/h1-3,5-6,13H,4,7-10H2. The van der Waals surface area contributed by atoms with Crippen molar-refractivity contribution >= 4 is 15.9 Å². The van der Waals surface area contributed by atoms with Crippen LogP contribution in [-0.4, -0.2) is 18.0 Å². The van der Waals surface area contributed by atoms with Gasteiger partial charge in [0.2, 0.25) is 0 Å². The molecule has 0 spiro atoms. The molecule has 2 rings (SSSR count). The van der Waals surface area contributed by atoms with Crippen molar-refractivity contribution in [1.82, 2.24) is 0 Å². The summed E-state index contributed by atoms with van der Waals surface area (Å²) in [6.45, 7) is 0.837. The number of halogens is 1. The maximum Gasteiger partial charge on any atom is 0.0943 e. The molecule has 1 aliphatic heterocycles. The number of hydrogen-bond acceptors (Lipinski definition) is 2. The number of rotatable bonds is 4. The molecule has 1 fully saturated rings. The summed E-state index contributed by atoms with van der Waals surface area (Å²) in [6.07, 6.45) is 3.19. The summed E-state index contributed by atoms with van der Waals surface area (Å²) in [6, 6.07) is 12.5. The first-order valence-electron chi connectivity index (χ1n) is 5.95. The van der Waals surface area contributed by atoms with E-state index in [1.54, 1.807) is 0 Å². The molecule has 0 radical (unpaired) electrons. The van der Waals surface area contributed by atoms with Gasteiger partial charge >= 0.3 is 0 Å². The predicted octanol–water partition coefficient (Wildman–Crippen LogP) is 3.41. The average Bonchev–Trinajstić information content (AvgIpc) is 2.90. The molecule has 1 aliphatic rings. The van der Waals surface area contributed by atoms with Gasteiger partial charge in [0.1, 0.15) is 0 Å². The van der Waals surface area contributed by atoms with Crippen molar-refractivity contribution in [2.45, 2.75) is 30.8 Å². The molecule has 0 aromatic heterocycles. The maximum absolute atomic E-state index is 9.55. The second kappa shape index (κ2) is 5.66. The van der Waals surface area contributed by atoms with Crippen LogP contribution in [0.5, 0.6) is 0 Å². The Morgan fingerprint density at radius 2 is 2.18 bits per heavy atom. The molecule has 1 aromatic rings. The zero-order valence-electron chi connectivity index (χ0n) is 9.73. The normalized spacial score (nSPS) is 22.9. The lowest BCUT2D eigenvalue weighted by atomic mass is 9.78. The third-order valence-electron chi connectivity index (χ3n) is 3.37. The molecule has 90 valence electrons. The van der Waals surface area contributed by atoms with E-state index in [2.05, 4.69) is 22.0 Å². The van der Waals surface area contributed by atoms with Crippen LogP contribution < -0.4 is 0 Å². The molecule has 3 heteroatoms. The topological polar surface area (TPSA) is 33.0 Å². The van der Waals surface area contributed by atoms with Gasteiger partial charge in [0.15, 0.2) is 0 Å². The molecule has 1 saturated heterocycles. The monoisotopic (exact) mass is 293 g/mol. The SMILES string of the molecule is N#CC(CBr)(CC1CCCO1)c1ccccc1. The molecule has 2 nitrogen and oxygen atoms in total. The first-order valence-corrected chi connectivity index (χ1v) is 7.07. The Morgan fingerprint density at radius 3 is 2.71 bits per heavy atom. The highest BCUT2D eigenvalue weighted by Gasteiger charge is 2.35. The van der Waals surface area contributed by atoms with Gasteiger partial charge in [-0.3, -0.25) is 0 Å². The van der Waals surface area contributed by atoms with E-state index in [0.29, 0.717) is 5.33 Å². The maximum atomic E-state index is 9.55. The summed E-state index contributed by atoms with van der Waals surface area (Å²) in [5.74, 6) is 0. The average molecular weight is 294 g/mol. The third-order valence-corrected chi connectivity index (χ3v) is 4.33. The summed E-state index contributed by atoms with van der Waals surface area (Å²) >= 11 is 3.50. The largest absolute Gasteiger partial charge is 0.378 e. The summed E-state index contributed by atoms with van der Waals surface area (Å²) in [7, 11) is 0. The van der Waals surface area contributed by atoms with Crippen LogP contribution in [0.2, 0.25) is 0 Å². The van der Waals surface area contributed by atoms with E-state index in [9.17, 15) is 5.26 Å². The van der Waals surface area contributed by atoms with E-state index in [-0.39, 0.29) is 6.10 Å². The Balaban J connectivity index is 2.23. The van der Waals surface area contributed by atoms with E-state index >= 15 is 0 Å². The molecule has 2 unspecified atom stereocenters. The van der Waals surface area contributed by atoms with Gasteiger partial charge in [-0.2, -0.15) is 5.26 Å². The number of alkyl halides is 1. The molecular weight excluding hydrogens is 278 g/mol. The highest BCUT2D eigenvalue weighted by molar-refractivity contribution is 9.09. The van der Waals surface area contributed by atoms with Crippen molar-refractivity contribution in [3.8, 4) is 6.07 Å². The molecular formula is C14H16BrNO. The van der Waals surface area contributed by atoms with Gasteiger partial charge in [0.05, 0.1) is 17.6 Å². The van der Waals surface area contributed by atoms with Crippen LogP contribution in [0.1, 0.15) is 24.8 Å². The van der Waals surface area contributed by atoms with Crippen LogP contribution in [0, 0.1) is 11.3 Å². The lowest BCUT2D eigenvalue weighted by Gasteiger charge is -2.27. The van der Waals surface area contributed by atoms with Crippen molar-refractivity contribution in [3.63, 3.8) is 0 Å². The molecule has 0 aliphatic carbocycles. The van der Waals surface area contributed by atoms with Gasteiger partial charge in [-0.05, 0) is 24.8 Å². The Bertz CT molecular complexity index is 394. The van der Waals surface area contributed by atoms with Gasteiger partial charge in [-0.15, -0.1) is 0 Å². The van der Waals surface area contributed by atoms with E-state index in [1.807, 2.05) is 30.3 Å². The van der Waals surface area contributed by atoms with E-state index in [4.69, 9.17) is 4.74 Å². The van der Waals surface area contributed by atoms with Gasteiger partial charge in [0.25, 0.3) is 0 Å². The van der Waals surface area contributed by atoms with Crippen LogP contribution in [0.4, 0.5) is 0 Å². The summed E-state index contributed by atoms with van der Waals surface area (Å²) in [5.41, 5.74) is 0.617. The molecule has 1 heterocycles. The lowest BCUT2D eigenvalue weighted by molar-refractivity contribution is 0.0929. The van der Waals surface area contributed by atoms with E-state index < -0.39 is 5.41 Å². The fraction of sp³-hybridized carbons (Fsp3) is 0.500. The Hall–Kier alpha value is -0.850. The fourth-order valence-electron chi connectivity index (χ4n) is 2.34. The van der Waals surface area contributed by atoms with Crippen LogP contribution in [0.25, 0.3) is 0 Å². The van der Waals surface area contributed by atoms with Gasteiger partial charge in [0, 0.05) is 11.9 Å². The number of benzene rings is 1. The van der Waals surface area contributed by atoms with Crippen molar-refractivity contribution in [3.05, 3.63) is 35.9 Å². The van der Waals surface area contributed by atoms with Gasteiger partial charge < -0.3 is 4.74 Å².